The number of likely N-dealkylation sites (tertiary alicyclic amines) is 2. The largest absolute Gasteiger partial charge is 0.343 e. The van der Waals surface area contributed by atoms with Gasteiger partial charge in [0.05, 0.1) is 0 Å². The van der Waals surface area contributed by atoms with Crippen molar-refractivity contribution in [2.24, 2.45) is 5.73 Å². The van der Waals surface area contributed by atoms with E-state index in [1.165, 1.54) is 25.9 Å². The second-order valence-electron chi connectivity index (χ2n) is 5.02. The van der Waals surface area contributed by atoms with Crippen LogP contribution in [-0.4, -0.2) is 54.5 Å². The van der Waals surface area contributed by atoms with Gasteiger partial charge < -0.3 is 15.5 Å². The standard InChI is InChI=1S/C12H23N3O/c13-11-3-9-15(10-4-11)12(16)5-8-14-6-1-2-7-14/h11H,1-10,13H2. The zero-order chi connectivity index (χ0) is 11.4. The number of rotatable bonds is 3. The van der Waals surface area contributed by atoms with E-state index < -0.39 is 0 Å². The van der Waals surface area contributed by atoms with E-state index in [0.29, 0.717) is 18.4 Å². The summed E-state index contributed by atoms with van der Waals surface area (Å²) in [5.74, 6) is 0.318. The molecule has 0 unspecified atom stereocenters. The summed E-state index contributed by atoms with van der Waals surface area (Å²) in [5.41, 5.74) is 5.82. The van der Waals surface area contributed by atoms with Crippen molar-refractivity contribution in [3.8, 4) is 0 Å². The van der Waals surface area contributed by atoms with Crippen molar-refractivity contribution < 1.29 is 4.79 Å². The highest BCUT2D eigenvalue weighted by molar-refractivity contribution is 5.76. The predicted octanol–water partition coefficient (Wildman–Crippen LogP) is 0.422. The number of hydrogen-bond acceptors (Lipinski definition) is 3. The summed E-state index contributed by atoms with van der Waals surface area (Å²) in [6, 6.07) is 0.308. The molecule has 2 fully saturated rings. The molecule has 16 heavy (non-hydrogen) atoms. The molecule has 2 N–H and O–H groups in total. The first kappa shape index (κ1) is 11.9. The summed E-state index contributed by atoms with van der Waals surface area (Å²) in [6.45, 7) is 5.03. The molecule has 0 aromatic rings. The second-order valence-corrected chi connectivity index (χ2v) is 5.02. The van der Waals surface area contributed by atoms with Crippen LogP contribution in [0.5, 0.6) is 0 Å². The Balaban J connectivity index is 1.67. The van der Waals surface area contributed by atoms with Gasteiger partial charge in [0.1, 0.15) is 0 Å². The molecule has 1 amide bonds. The van der Waals surface area contributed by atoms with Crippen LogP contribution in [0.25, 0.3) is 0 Å². The van der Waals surface area contributed by atoms with Crippen LogP contribution >= 0.6 is 0 Å². The molecule has 2 saturated heterocycles. The van der Waals surface area contributed by atoms with Gasteiger partial charge in [-0.3, -0.25) is 4.79 Å². The van der Waals surface area contributed by atoms with E-state index in [1.807, 2.05) is 4.90 Å². The van der Waals surface area contributed by atoms with Gasteiger partial charge >= 0.3 is 0 Å². The minimum Gasteiger partial charge on any atom is -0.343 e. The lowest BCUT2D eigenvalue weighted by Gasteiger charge is -2.30. The summed E-state index contributed by atoms with van der Waals surface area (Å²) >= 11 is 0. The lowest BCUT2D eigenvalue weighted by Crippen LogP contribution is -2.43. The summed E-state index contributed by atoms with van der Waals surface area (Å²) in [6.07, 6.45) is 5.22. The Morgan fingerprint density at radius 2 is 1.75 bits per heavy atom. The number of nitrogens with zero attached hydrogens (tertiary/aromatic N) is 2. The van der Waals surface area contributed by atoms with Crippen LogP contribution in [0.3, 0.4) is 0 Å². The van der Waals surface area contributed by atoms with E-state index in [0.717, 1.165) is 32.5 Å². The third-order valence-electron chi connectivity index (χ3n) is 3.73. The average Bonchev–Trinajstić information content (AvgIpc) is 2.80. The first-order valence-electron chi connectivity index (χ1n) is 6.51. The van der Waals surface area contributed by atoms with Crippen molar-refractivity contribution in [3.63, 3.8) is 0 Å². The molecule has 92 valence electrons. The van der Waals surface area contributed by atoms with Crippen molar-refractivity contribution in [3.05, 3.63) is 0 Å². The fourth-order valence-electron chi connectivity index (χ4n) is 2.57. The molecule has 0 aromatic carbocycles. The van der Waals surface area contributed by atoms with Crippen molar-refractivity contribution in [2.45, 2.75) is 38.1 Å². The van der Waals surface area contributed by atoms with Gasteiger partial charge in [0.25, 0.3) is 0 Å². The van der Waals surface area contributed by atoms with E-state index >= 15 is 0 Å². The predicted molar refractivity (Wildman–Crippen MR) is 64.1 cm³/mol. The number of piperidine rings is 1. The Kier molecular flexibility index (Phi) is 4.18. The normalized spacial score (nSPS) is 23.9. The number of amides is 1. The Hall–Kier alpha value is -0.610. The molecule has 0 bridgehead atoms. The van der Waals surface area contributed by atoms with Crippen LogP contribution < -0.4 is 5.73 Å². The maximum absolute atomic E-state index is 11.9. The summed E-state index contributed by atoms with van der Waals surface area (Å²) in [5, 5.41) is 0. The highest BCUT2D eigenvalue weighted by Crippen LogP contribution is 2.11. The molecule has 4 heteroatoms. The molecule has 0 spiro atoms. The number of hydrogen-bond donors (Lipinski definition) is 1. The summed E-state index contributed by atoms with van der Waals surface area (Å²) < 4.78 is 0. The lowest BCUT2D eigenvalue weighted by atomic mass is 10.1. The quantitative estimate of drug-likeness (QED) is 0.757. The monoisotopic (exact) mass is 225 g/mol. The Morgan fingerprint density at radius 1 is 1.12 bits per heavy atom. The van der Waals surface area contributed by atoms with E-state index in [2.05, 4.69) is 4.90 Å². The van der Waals surface area contributed by atoms with Gasteiger partial charge in [0.15, 0.2) is 0 Å². The van der Waals surface area contributed by atoms with Crippen molar-refractivity contribution in [2.75, 3.05) is 32.7 Å². The van der Waals surface area contributed by atoms with Gasteiger partial charge in [-0.05, 0) is 38.8 Å². The van der Waals surface area contributed by atoms with E-state index in [4.69, 9.17) is 5.73 Å². The molecule has 0 radical (unpaired) electrons. The number of nitrogens with two attached hydrogens (primary N) is 1. The molecule has 4 nitrogen and oxygen atoms in total. The average molecular weight is 225 g/mol. The van der Waals surface area contributed by atoms with E-state index in [9.17, 15) is 4.79 Å². The summed E-state index contributed by atoms with van der Waals surface area (Å²) in [7, 11) is 0. The zero-order valence-electron chi connectivity index (χ0n) is 10.0. The molecule has 2 aliphatic heterocycles. The van der Waals surface area contributed by atoms with Crippen molar-refractivity contribution in [1.29, 1.82) is 0 Å². The SMILES string of the molecule is NC1CCN(C(=O)CCN2CCCC2)CC1. The fraction of sp³-hybridized carbons (Fsp3) is 0.917. The molecular formula is C12H23N3O. The highest BCUT2D eigenvalue weighted by atomic mass is 16.2. The van der Waals surface area contributed by atoms with Crippen LogP contribution in [0, 0.1) is 0 Å². The van der Waals surface area contributed by atoms with Crippen molar-refractivity contribution in [1.82, 2.24) is 9.80 Å². The van der Waals surface area contributed by atoms with Gasteiger partial charge in [-0.15, -0.1) is 0 Å². The zero-order valence-corrected chi connectivity index (χ0v) is 10.0. The van der Waals surface area contributed by atoms with Crippen LogP contribution in [0.1, 0.15) is 32.1 Å². The Labute approximate surface area is 97.8 Å². The summed E-state index contributed by atoms with van der Waals surface area (Å²) in [4.78, 5) is 16.3. The van der Waals surface area contributed by atoms with Gasteiger partial charge in [0.2, 0.25) is 5.91 Å². The van der Waals surface area contributed by atoms with Crippen molar-refractivity contribution >= 4 is 5.91 Å². The minimum atomic E-state index is 0.308. The lowest BCUT2D eigenvalue weighted by molar-refractivity contribution is -0.132. The van der Waals surface area contributed by atoms with Crippen LogP contribution in [-0.2, 0) is 4.79 Å². The van der Waals surface area contributed by atoms with Gasteiger partial charge in [0, 0.05) is 32.1 Å². The fourth-order valence-corrected chi connectivity index (χ4v) is 2.57. The van der Waals surface area contributed by atoms with Crippen LogP contribution in [0.2, 0.25) is 0 Å². The van der Waals surface area contributed by atoms with Crippen LogP contribution in [0.15, 0.2) is 0 Å². The minimum absolute atomic E-state index is 0.308. The van der Waals surface area contributed by atoms with E-state index in [1.54, 1.807) is 0 Å². The third-order valence-corrected chi connectivity index (χ3v) is 3.73. The maximum Gasteiger partial charge on any atom is 0.223 e. The molecule has 0 atom stereocenters. The topological polar surface area (TPSA) is 49.6 Å². The van der Waals surface area contributed by atoms with Gasteiger partial charge in [-0.2, -0.15) is 0 Å². The molecular weight excluding hydrogens is 202 g/mol. The second kappa shape index (κ2) is 5.64. The van der Waals surface area contributed by atoms with Gasteiger partial charge in [-0.1, -0.05) is 0 Å². The highest BCUT2D eigenvalue weighted by Gasteiger charge is 2.21. The number of carbonyl (C=O) groups is 1. The first-order valence-corrected chi connectivity index (χ1v) is 6.51. The molecule has 0 aromatic heterocycles. The molecule has 0 aliphatic carbocycles. The first-order chi connectivity index (χ1) is 7.75. The van der Waals surface area contributed by atoms with Gasteiger partial charge in [-0.25, -0.2) is 0 Å². The third kappa shape index (κ3) is 3.19. The maximum atomic E-state index is 11.9. The van der Waals surface area contributed by atoms with E-state index in [-0.39, 0.29) is 0 Å². The molecule has 2 rings (SSSR count). The Morgan fingerprint density at radius 3 is 2.38 bits per heavy atom. The molecule has 2 heterocycles. The smallest absolute Gasteiger partial charge is 0.223 e. The molecule has 2 aliphatic rings. The van der Waals surface area contributed by atoms with Crippen LogP contribution in [0.4, 0.5) is 0 Å². The number of carbonyl (C=O) groups excluding carboxylic acids is 1. The molecule has 0 saturated carbocycles. The Bertz CT molecular complexity index is 230.